The predicted molar refractivity (Wildman–Crippen MR) is 104 cm³/mol. The lowest BCUT2D eigenvalue weighted by atomic mass is 10.1. The molecule has 0 aromatic heterocycles. The molecule has 1 aliphatic rings. The van der Waals surface area contributed by atoms with E-state index in [4.69, 9.17) is 4.74 Å². The van der Waals surface area contributed by atoms with E-state index >= 15 is 0 Å². The molecule has 1 N–H and O–H groups in total. The van der Waals surface area contributed by atoms with Crippen LogP contribution in [-0.4, -0.2) is 35.9 Å². The number of amides is 2. The molecule has 29 heavy (non-hydrogen) atoms. The molecule has 1 fully saturated rings. The van der Waals surface area contributed by atoms with Crippen molar-refractivity contribution in [3.63, 3.8) is 0 Å². The molecule has 1 saturated heterocycles. The Kier molecular flexibility index (Phi) is 6.46. The van der Waals surface area contributed by atoms with Gasteiger partial charge in [-0.2, -0.15) is 0 Å². The maximum atomic E-state index is 13.6. The highest BCUT2D eigenvalue weighted by Crippen LogP contribution is 2.21. The Bertz CT molecular complexity index is 886. The van der Waals surface area contributed by atoms with E-state index in [-0.39, 0.29) is 30.6 Å². The highest BCUT2D eigenvalue weighted by Gasteiger charge is 2.34. The molecule has 0 spiro atoms. The average molecular weight is 402 g/mol. The standard InChI is InChI=1S/C22H24F2N2O3/c1-14-3-5-16(6-4-14)11-26-12-17(9-21(26)27)22(28)25-15(2)13-29-20-8-7-18(23)10-19(20)24/h3-8,10,15,17H,9,11-13H2,1-2H3,(H,25,28). The van der Waals surface area contributed by atoms with Crippen LogP contribution in [0.1, 0.15) is 24.5 Å². The molecule has 0 radical (unpaired) electrons. The van der Waals surface area contributed by atoms with Crippen LogP contribution in [0.15, 0.2) is 42.5 Å². The molecule has 1 heterocycles. The first-order valence-corrected chi connectivity index (χ1v) is 9.53. The van der Waals surface area contributed by atoms with Gasteiger partial charge in [0, 0.05) is 25.6 Å². The number of hydrogen-bond donors (Lipinski definition) is 1. The zero-order valence-corrected chi connectivity index (χ0v) is 16.5. The third kappa shape index (κ3) is 5.53. The third-order valence-corrected chi connectivity index (χ3v) is 4.85. The van der Waals surface area contributed by atoms with Gasteiger partial charge in [0.05, 0.1) is 12.0 Å². The smallest absolute Gasteiger partial charge is 0.225 e. The number of benzene rings is 2. The molecule has 2 atom stereocenters. The number of likely N-dealkylation sites (tertiary alicyclic amines) is 1. The summed E-state index contributed by atoms with van der Waals surface area (Å²) in [6.45, 7) is 4.59. The molecular formula is C22H24F2N2O3. The monoisotopic (exact) mass is 402 g/mol. The summed E-state index contributed by atoms with van der Waals surface area (Å²) in [6.07, 6.45) is 0.165. The van der Waals surface area contributed by atoms with Crippen LogP contribution in [0.2, 0.25) is 0 Å². The number of rotatable bonds is 7. The molecule has 3 rings (SSSR count). The molecule has 7 heteroatoms. The van der Waals surface area contributed by atoms with Crippen molar-refractivity contribution in [3.8, 4) is 5.75 Å². The second kappa shape index (κ2) is 9.03. The van der Waals surface area contributed by atoms with Crippen molar-refractivity contribution in [1.82, 2.24) is 10.2 Å². The summed E-state index contributed by atoms with van der Waals surface area (Å²) in [6, 6.07) is 10.6. The normalized spacial score (nSPS) is 17.3. The van der Waals surface area contributed by atoms with E-state index in [1.165, 1.54) is 6.07 Å². The minimum Gasteiger partial charge on any atom is -0.488 e. The van der Waals surface area contributed by atoms with Crippen molar-refractivity contribution in [2.24, 2.45) is 5.92 Å². The summed E-state index contributed by atoms with van der Waals surface area (Å²) in [5.41, 5.74) is 2.17. The lowest BCUT2D eigenvalue weighted by Crippen LogP contribution is -2.41. The number of aryl methyl sites for hydroxylation is 1. The minimum atomic E-state index is -0.795. The fourth-order valence-corrected chi connectivity index (χ4v) is 3.22. The van der Waals surface area contributed by atoms with Gasteiger partial charge in [-0.15, -0.1) is 0 Å². The molecule has 2 unspecified atom stereocenters. The Morgan fingerprint density at radius 1 is 1.24 bits per heavy atom. The summed E-state index contributed by atoms with van der Waals surface area (Å²) >= 11 is 0. The van der Waals surface area contributed by atoms with E-state index in [0.29, 0.717) is 13.1 Å². The summed E-state index contributed by atoms with van der Waals surface area (Å²) < 4.78 is 31.8. The van der Waals surface area contributed by atoms with Crippen LogP contribution in [0.25, 0.3) is 0 Å². The van der Waals surface area contributed by atoms with Gasteiger partial charge in [0.2, 0.25) is 11.8 Å². The van der Waals surface area contributed by atoms with E-state index in [2.05, 4.69) is 5.32 Å². The fraction of sp³-hybridized carbons (Fsp3) is 0.364. The lowest BCUT2D eigenvalue weighted by molar-refractivity contribution is -0.129. The number of carbonyl (C=O) groups is 2. The Morgan fingerprint density at radius 2 is 1.97 bits per heavy atom. The molecule has 2 aromatic carbocycles. The minimum absolute atomic E-state index is 0.0298. The first kappa shape index (κ1) is 20.8. The van der Waals surface area contributed by atoms with E-state index in [9.17, 15) is 18.4 Å². The predicted octanol–water partition coefficient (Wildman–Crippen LogP) is 3.21. The number of nitrogens with zero attached hydrogens (tertiary/aromatic N) is 1. The number of ether oxygens (including phenoxy) is 1. The third-order valence-electron chi connectivity index (χ3n) is 4.85. The zero-order valence-electron chi connectivity index (χ0n) is 16.5. The summed E-state index contributed by atoms with van der Waals surface area (Å²) in [5.74, 6) is -2.27. The summed E-state index contributed by atoms with van der Waals surface area (Å²) in [5, 5.41) is 2.80. The maximum Gasteiger partial charge on any atom is 0.225 e. The number of carbonyl (C=O) groups excluding carboxylic acids is 2. The number of nitrogens with one attached hydrogen (secondary N) is 1. The quantitative estimate of drug-likeness (QED) is 0.774. The van der Waals surface area contributed by atoms with Gasteiger partial charge in [-0.3, -0.25) is 9.59 Å². The summed E-state index contributed by atoms with van der Waals surface area (Å²) in [4.78, 5) is 26.5. The van der Waals surface area contributed by atoms with E-state index in [0.717, 1.165) is 23.3 Å². The van der Waals surface area contributed by atoms with Crippen molar-refractivity contribution < 1.29 is 23.1 Å². The van der Waals surface area contributed by atoms with Crippen molar-refractivity contribution in [1.29, 1.82) is 0 Å². The number of hydrogen-bond acceptors (Lipinski definition) is 3. The average Bonchev–Trinajstić information content (AvgIpc) is 3.03. The molecule has 2 aromatic rings. The van der Waals surface area contributed by atoms with Crippen LogP contribution in [0.4, 0.5) is 8.78 Å². The molecule has 5 nitrogen and oxygen atoms in total. The Hall–Kier alpha value is -2.96. The van der Waals surface area contributed by atoms with Gasteiger partial charge >= 0.3 is 0 Å². The number of halogens is 2. The van der Waals surface area contributed by atoms with Crippen molar-refractivity contribution in [2.45, 2.75) is 32.9 Å². The van der Waals surface area contributed by atoms with Gasteiger partial charge in [-0.1, -0.05) is 29.8 Å². The van der Waals surface area contributed by atoms with Crippen molar-refractivity contribution in [2.75, 3.05) is 13.2 Å². The van der Waals surface area contributed by atoms with Crippen molar-refractivity contribution in [3.05, 3.63) is 65.2 Å². The highest BCUT2D eigenvalue weighted by molar-refractivity contribution is 5.89. The first-order valence-electron chi connectivity index (χ1n) is 9.53. The second-order valence-electron chi connectivity index (χ2n) is 7.46. The van der Waals surface area contributed by atoms with Crippen LogP contribution in [0, 0.1) is 24.5 Å². The lowest BCUT2D eigenvalue weighted by Gasteiger charge is -2.19. The van der Waals surface area contributed by atoms with Crippen LogP contribution in [0.5, 0.6) is 5.75 Å². The molecule has 1 aliphatic heterocycles. The van der Waals surface area contributed by atoms with E-state index < -0.39 is 23.6 Å². The Morgan fingerprint density at radius 3 is 2.66 bits per heavy atom. The van der Waals surface area contributed by atoms with Crippen molar-refractivity contribution >= 4 is 11.8 Å². The van der Waals surface area contributed by atoms with Gasteiger partial charge in [-0.05, 0) is 31.5 Å². The zero-order chi connectivity index (χ0) is 21.0. The van der Waals surface area contributed by atoms with Crippen LogP contribution >= 0.6 is 0 Å². The van der Waals surface area contributed by atoms with Gasteiger partial charge < -0.3 is 15.0 Å². The SMILES string of the molecule is Cc1ccc(CN2CC(C(=O)NC(C)COc3ccc(F)cc3F)CC2=O)cc1. The summed E-state index contributed by atoms with van der Waals surface area (Å²) in [7, 11) is 0. The molecule has 154 valence electrons. The topological polar surface area (TPSA) is 58.6 Å². The Labute approximate surface area is 168 Å². The molecule has 0 aliphatic carbocycles. The van der Waals surface area contributed by atoms with Crippen LogP contribution in [-0.2, 0) is 16.1 Å². The van der Waals surface area contributed by atoms with Gasteiger partial charge in [-0.25, -0.2) is 8.78 Å². The first-order chi connectivity index (χ1) is 13.8. The fourth-order valence-electron chi connectivity index (χ4n) is 3.22. The van der Waals surface area contributed by atoms with Crippen LogP contribution in [0.3, 0.4) is 0 Å². The molecule has 2 amide bonds. The maximum absolute atomic E-state index is 13.6. The largest absolute Gasteiger partial charge is 0.488 e. The van der Waals surface area contributed by atoms with Crippen LogP contribution < -0.4 is 10.1 Å². The van der Waals surface area contributed by atoms with Gasteiger partial charge in [0.1, 0.15) is 12.4 Å². The van der Waals surface area contributed by atoms with Gasteiger partial charge in [0.25, 0.3) is 0 Å². The highest BCUT2D eigenvalue weighted by atomic mass is 19.1. The molecule has 0 saturated carbocycles. The molecule has 0 bridgehead atoms. The second-order valence-corrected chi connectivity index (χ2v) is 7.46. The molecular weight excluding hydrogens is 378 g/mol. The van der Waals surface area contributed by atoms with E-state index in [1.54, 1.807) is 11.8 Å². The van der Waals surface area contributed by atoms with E-state index in [1.807, 2.05) is 31.2 Å². The van der Waals surface area contributed by atoms with Gasteiger partial charge in [0.15, 0.2) is 11.6 Å². The Balaban J connectivity index is 1.48.